The second-order valence-electron chi connectivity index (χ2n) is 3.92. The molecule has 0 spiro atoms. The minimum Gasteiger partial charge on any atom is -0.356 e. The fraction of sp³-hybridized carbons (Fsp3) is 0.700. The Balaban J connectivity index is 2.06. The standard InChI is InChI=1S/C10H17N3/c1-3-11-10-12-4-5-13(10)9-6-8(2)7-9/h4-5,8-9H,3,6-7H2,1-2H3,(H,11,12). The van der Waals surface area contributed by atoms with Crippen molar-refractivity contribution in [2.45, 2.75) is 32.7 Å². The van der Waals surface area contributed by atoms with Crippen LogP contribution in [-0.4, -0.2) is 16.1 Å². The molecule has 13 heavy (non-hydrogen) atoms. The van der Waals surface area contributed by atoms with Crippen molar-refractivity contribution in [2.75, 3.05) is 11.9 Å². The van der Waals surface area contributed by atoms with Gasteiger partial charge < -0.3 is 9.88 Å². The molecule has 0 bridgehead atoms. The molecule has 2 rings (SSSR count). The van der Waals surface area contributed by atoms with Gasteiger partial charge in [-0.25, -0.2) is 4.98 Å². The molecule has 1 aliphatic rings. The number of rotatable bonds is 3. The fourth-order valence-corrected chi connectivity index (χ4v) is 1.99. The molecule has 1 aromatic heterocycles. The quantitative estimate of drug-likeness (QED) is 0.771. The van der Waals surface area contributed by atoms with Gasteiger partial charge in [0.2, 0.25) is 5.95 Å². The lowest BCUT2D eigenvalue weighted by molar-refractivity contribution is 0.218. The molecule has 1 heterocycles. The molecule has 0 aliphatic heterocycles. The Morgan fingerprint density at radius 1 is 1.62 bits per heavy atom. The molecule has 0 aromatic carbocycles. The Morgan fingerprint density at radius 3 is 3.00 bits per heavy atom. The highest BCUT2D eigenvalue weighted by molar-refractivity contribution is 5.26. The van der Waals surface area contributed by atoms with E-state index in [1.807, 2.05) is 6.20 Å². The molecule has 0 atom stereocenters. The van der Waals surface area contributed by atoms with E-state index >= 15 is 0 Å². The number of aromatic nitrogens is 2. The largest absolute Gasteiger partial charge is 0.356 e. The van der Waals surface area contributed by atoms with Crippen LogP contribution in [0.25, 0.3) is 0 Å². The van der Waals surface area contributed by atoms with Crippen LogP contribution in [0.1, 0.15) is 32.7 Å². The smallest absolute Gasteiger partial charge is 0.203 e. The zero-order valence-electron chi connectivity index (χ0n) is 8.33. The molecular formula is C10H17N3. The molecule has 0 unspecified atom stereocenters. The second-order valence-corrected chi connectivity index (χ2v) is 3.92. The molecule has 1 aromatic rings. The summed E-state index contributed by atoms with van der Waals surface area (Å²) in [6.07, 6.45) is 6.55. The Kier molecular flexibility index (Phi) is 2.25. The maximum Gasteiger partial charge on any atom is 0.203 e. The van der Waals surface area contributed by atoms with E-state index in [1.165, 1.54) is 12.8 Å². The van der Waals surface area contributed by atoms with Crippen LogP contribution in [0.15, 0.2) is 12.4 Å². The number of anilines is 1. The van der Waals surface area contributed by atoms with Crippen molar-refractivity contribution >= 4 is 5.95 Å². The topological polar surface area (TPSA) is 29.9 Å². The third-order valence-electron chi connectivity index (χ3n) is 2.75. The van der Waals surface area contributed by atoms with E-state index in [-0.39, 0.29) is 0 Å². The van der Waals surface area contributed by atoms with Gasteiger partial charge in [-0.3, -0.25) is 0 Å². The minimum atomic E-state index is 0.687. The van der Waals surface area contributed by atoms with Crippen LogP contribution in [0.5, 0.6) is 0 Å². The maximum atomic E-state index is 4.29. The van der Waals surface area contributed by atoms with E-state index in [2.05, 4.69) is 34.9 Å². The summed E-state index contributed by atoms with van der Waals surface area (Å²) < 4.78 is 2.27. The maximum absolute atomic E-state index is 4.29. The summed E-state index contributed by atoms with van der Waals surface area (Å²) in [5.41, 5.74) is 0. The number of nitrogens with one attached hydrogen (secondary N) is 1. The summed E-state index contributed by atoms with van der Waals surface area (Å²) in [6, 6.07) is 0.687. The SMILES string of the molecule is CCNc1nccn1C1CC(C)C1. The van der Waals surface area contributed by atoms with Gasteiger partial charge >= 0.3 is 0 Å². The number of hydrogen-bond acceptors (Lipinski definition) is 2. The van der Waals surface area contributed by atoms with E-state index in [0.29, 0.717) is 6.04 Å². The van der Waals surface area contributed by atoms with Gasteiger partial charge in [0.05, 0.1) is 0 Å². The van der Waals surface area contributed by atoms with Crippen LogP contribution in [0.4, 0.5) is 5.95 Å². The van der Waals surface area contributed by atoms with Crippen molar-refractivity contribution in [3.05, 3.63) is 12.4 Å². The molecular weight excluding hydrogens is 162 g/mol. The first-order valence-electron chi connectivity index (χ1n) is 5.08. The molecule has 0 saturated heterocycles. The van der Waals surface area contributed by atoms with E-state index in [0.717, 1.165) is 18.4 Å². The molecule has 1 aliphatic carbocycles. The van der Waals surface area contributed by atoms with E-state index < -0.39 is 0 Å². The monoisotopic (exact) mass is 179 g/mol. The van der Waals surface area contributed by atoms with Crippen molar-refractivity contribution < 1.29 is 0 Å². The van der Waals surface area contributed by atoms with Crippen LogP contribution in [0.2, 0.25) is 0 Å². The van der Waals surface area contributed by atoms with Crippen molar-refractivity contribution in [2.24, 2.45) is 5.92 Å². The van der Waals surface area contributed by atoms with E-state index in [1.54, 1.807) is 0 Å². The van der Waals surface area contributed by atoms with E-state index in [4.69, 9.17) is 0 Å². The van der Waals surface area contributed by atoms with Gasteiger partial charge in [0, 0.05) is 25.0 Å². The van der Waals surface area contributed by atoms with Crippen molar-refractivity contribution in [1.82, 2.24) is 9.55 Å². The summed E-state index contributed by atoms with van der Waals surface area (Å²) in [7, 11) is 0. The lowest BCUT2D eigenvalue weighted by atomic mass is 9.82. The van der Waals surface area contributed by atoms with Crippen LogP contribution < -0.4 is 5.32 Å². The van der Waals surface area contributed by atoms with Crippen molar-refractivity contribution in [3.63, 3.8) is 0 Å². The molecule has 1 fully saturated rings. The predicted molar refractivity (Wildman–Crippen MR) is 53.8 cm³/mol. The van der Waals surface area contributed by atoms with Gasteiger partial charge in [0.25, 0.3) is 0 Å². The van der Waals surface area contributed by atoms with Crippen LogP contribution >= 0.6 is 0 Å². The average molecular weight is 179 g/mol. The molecule has 72 valence electrons. The summed E-state index contributed by atoms with van der Waals surface area (Å²) in [5, 5.41) is 3.27. The molecule has 3 nitrogen and oxygen atoms in total. The fourth-order valence-electron chi connectivity index (χ4n) is 1.99. The van der Waals surface area contributed by atoms with Gasteiger partial charge in [-0.2, -0.15) is 0 Å². The highest BCUT2D eigenvalue weighted by Crippen LogP contribution is 2.38. The predicted octanol–water partition coefficient (Wildman–Crippen LogP) is 2.29. The summed E-state index contributed by atoms with van der Waals surface area (Å²) in [5.74, 6) is 1.92. The van der Waals surface area contributed by atoms with Crippen LogP contribution in [0.3, 0.4) is 0 Å². The average Bonchev–Trinajstić information content (AvgIpc) is 2.48. The lowest BCUT2D eigenvalue weighted by Gasteiger charge is -2.34. The number of hydrogen-bond donors (Lipinski definition) is 1. The van der Waals surface area contributed by atoms with Gasteiger partial charge in [0.15, 0.2) is 0 Å². The third-order valence-corrected chi connectivity index (χ3v) is 2.75. The molecule has 3 heteroatoms. The zero-order chi connectivity index (χ0) is 9.26. The normalized spacial score (nSPS) is 26.9. The second kappa shape index (κ2) is 3.40. The molecule has 1 saturated carbocycles. The van der Waals surface area contributed by atoms with Gasteiger partial charge in [-0.1, -0.05) is 6.92 Å². The van der Waals surface area contributed by atoms with E-state index in [9.17, 15) is 0 Å². The van der Waals surface area contributed by atoms with Crippen LogP contribution in [-0.2, 0) is 0 Å². The third kappa shape index (κ3) is 1.55. The molecule has 0 radical (unpaired) electrons. The first kappa shape index (κ1) is 8.60. The minimum absolute atomic E-state index is 0.687. The van der Waals surface area contributed by atoms with Crippen molar-refractivity contribution in [3.8, 4) is 0 Å². The highest BCUT2D eigenvalue weighted by atomic mass is 15.2. The van der Waals surface area contributed by atoms with Crippen LogP contribution in [0, 0.1) is 5.92 Å². The summed E-state index contributed by atoms with van der Waals surface area (Å²) in [4.78, 5) is 4.29. The number of imidazole rings is 1. The highest BCUT2D eigenvalue weighted by Gasteiger charge is 2.27. The Hall–Kier alpha value is -0.990. The lowest BCUT2D eigenvalue weighted by Crippen LogP contribution is -2.25. The zero-order valence-corrected chi connectivity index (χ0v) is 8.33. The van der Waals surface area contributed by atoms with Crippen molar-refractivity contribution in [1.29, 1.82) is 0 Å². The first-order chi connectivity index (χ1) is 6.31. The van der Waals surface area contributed by atoms with Gasteiger partial charge in [0.1, 0.15) is 0 Å². The Labute approximate surface area is 79.2 Å². The molecule has 1 N–H and O–H groups in total. The van der Waals surface area contributed by atoms with Gasteiger partial charge in [-0.05, 0) is 25.7 Å². The Bertz CT molecular complexity index is 273. The first-order valence-corrected chi connectivity index (χ1v) is 5.08. The van der Waals surface area contributed by atoms with Gasteiger partial charge in [-0.15, -0.1) is 0 Å². The summed E-state index contributed by atoms with van der Waals surface area (Å²) >= 11 is 0. The molecule has 0 amide bonds. The summed E-state index contributed by atoms with van der Waals surface area (Å²) in [6.45, 7) is 5.35. The Morgan fingerprint density at radius 2 is 2.38 bits per heavy atom. The number of nitrogens with zero attached hydrogens (tertiary/aromatic N) is 2.